The lowest BCUT2D eigenvalue weighted by Gasteiger charge is -2.29. The van der Waals surface area contributed by atoms with Crippen LogP contribution in [-0.4, -0.2) is 32.7 Å². The molecule has 8 heteroatoms. The van der Waals surface area contributed by atoms with Crippen molar-refractivity contribution in [2.24, 2.45) is 17.5 Å². The van der Waals surface area contributed by atoms with E-state index in [1.807, 2.05) is 25.3 Å². The van der Waals surface area contributed by atoms with E-state index in [0.29, 0.717) is 23.0 Å². The molecule has 1 aliphatic carbocycles. The van der Waals surface area contributed by atoms with Crippen molar-refractivity contribution in [3.8, 4) is 0 Å². The van der Waals surface area contributed by atoms with Crippen LogP contribution in [0.1, 0.15) is 73.9 Å². The molecule has 5 N–H and O–H groups in total. The number of likely N-dealkylation sites (N-methyl/N-ethyl adjacent to an activating group) is 1. The molecular formula is C26H37N5O3. The average Bonchev–Trinajstić information content (AvgIpc) is 2.78. The van der Waals surface area contributed by atoms with Crippen molar-refractivity contribution in [2.75, 3.05) is 7.05 Å². The molecule has 1 aliphatic rings. The second-order valence-corrected chi connectivity index (χ2v) is 9.42. The maximum Gasteiger partial charge on any atom is 0.303 e. The summed E-state index contributed by atoms with van der Waals surface area (Å²) in [6.45, 7) is 4.32. The van der Waals surface area contributed by atoms with Crippen LogP contribution in [-0.2, 0) is 17.8 Å². The Morgan fingerprint density at radius 1 is 1.26 bits per heavy atom. The number of carbonyl (C=O) groups is 1. The third-order valence-corrected chi connectivity index (χ3v) is 6.73. The number of aromatic nitrogens is 2. The molecule has 2 aromatic rings. The van der Waals surface area contributed by atoms with Gasteiger partial charge in [0.2, 0.25) is 0 Å². The molecular weight excluding hydrogens is 430 g/mol. The first kappa shape index (κ1) is 25.5. The van der Waals surface area contributed by atoms with Crippen LogP contribution >= 0.6 is 0 Å². The second kappa shape index (κ2) is 11.3. The zero-order valence-corrected chi connectivity index (χ0v) is 20.5. The lowest BCUT2D eigenvalue weighted by molar-refractivity contribution is -0.138. The molecule has 0 spiro atoms. The van der Waals surface area contributed by atoms with Gasteiger partial charge in [-0.3, -0.25) is 14.6 Å². The van der Waals surface area contributed by atoms with Gasteiger partial charge in [-0.15, -0.1) is 0 Å². The average molecular weight is 468 g/mol. The predicted octanol–water partition coefficient (Wildman–Crippen LogP) is 3.39. The molecule has 1 saturated carbocycles. The number of pyridine rings is 2. The van der Waals surface area contributed by atoms with Gasteiger partial charge in [-0.25, -0.2) is 5.84 Å². The number of hydrogen-bond acceptors (Lipinski definition) is 6. The number of hydrazine groups is 1. The van der Waals surface area contributed by atoms with E-state index < -0.39 is 5.97 Å². The van der Waals surface area contributed by atoms with Crippen molar-refractivity contribution in [3.05, 3.63) is 69.0 Å². The molecule has 2 unspecified atom stereocenters. The van der Waals surface area contributed by atoms with Gasteiger partial charge < -0.3 is 20.4 Å². The maximum atomic E-state index is 12.4. The summed E-state index contributed by atoms with van der Waals surface area (Å²) in [5.41, 5.74) is 11.2. The SMILES string of the molecule is CCCc1ccc(=O)n(C/C(=C(/N)c2ccc(C3CCCC(CC(=O)O)C3)c(C)n2)N(C)N)c1. The lowest BCUT2D eigenvalue weighted by atomic mass is 9.76. The van der Waals surface area contributed by atoms with Crippen molar-refractivity contribution in [1.29, 1.82) is 0 Å². The number of rotatable bonds is 9. The lowest BCUT2D eigenvalue weighted by Crippen LogP contribution is -2.33. The second-order valence-electron chi connectivity index (χ2n) is 9.42. The summed E-state index contributed by atoms with van der Waals surface area (Å²) < 4.78 is 1.63. The Morgan fingerprint density at radius 3 is 2.68 bits per heavy atom. The fourth-order valence-corrected chi connectivity index (χ4v) is 5.00. The first-order valence-corrected chi connectivity index (χ1v) is 12.1. The van der Waals surface area contributed by atoms with Gasteiger partial charge in [-0.1, -0.05) is 31.9 Å². The quantitative estimate of drug-likeness (QED) is 0.381. The van der Waals surface area contributed by atoms with Gasteiger partial charge in [0, 0.05) is 31.4 Å². The Labute approximate surface area is 201 Å². The first-order valence-electron chi connectivity index (χ1n) is 12.1. The molecule has 0 aliphatic heterocycles. The number of carboxylic acids is 1. The third kappa shape index (κ3) is 6.26. The molecule has 2 atom stereocenters. The van der Waals surface area contributed by atoms with Crippen LogP contribution in [0.2, 0.25) is 0 Å². The van der Waals surface area contributed by atoms with Crippen molar-refractivity contribution >= 4 is 11.7 Å². The number of aliphatic carboxylic acids is 1. The van der Waals surface area contributed by atoms with Gasteiger partial charge in [0.05, 0.1) is 23.6 Å². The van der Waals surface area contributed by atoms with Gasteiger partial charge in [0.25, 0.3) is 5.56 Å². The maximum absolute atomic E-state index is 12.4. The fraction of sp³-hybridized carbons (Fsp3) is 0.500. The molecule has 3 rings (SSSR count). The minimum Gasteiger partial charge on any atom is -0.481 e. The molecule has 34 heavy (non-hydrogen) atoms. The van der Waals surface area contributed by atoms with E-state index in [1.54, 1.807) is 17.7 Å². The molecule has 1 fully saturated rings. The van der Waals surface area contributed by atoms with Gasteiger partial charge in [-0.2, -0.15) is 0 Å². The van der Waals surface area contributed by atoms with Crippen LogP contribution in [0.3, 0.4) is 0 Å². The minimum atomic E-state index is -0.730. The molecule has 184 valence electrons. The predicted molar refractivity (Wildman–Crippen MR) is 134 cm³/mol. The van der Waals surface area contributed by atoms with Gasteiger partial charge >= 0.3 is 5.97 Å². The van der Waals surface area contributed by atoms with E-state index in [9.17, 15) is 9.59 Å². The number of hydrogen-bond donors (Lipinski definition) is 3. The summed E-state index contributed by atoms with van der Waals surface area (Å²) >= 11 is 0. The van der Waals surface area contributed by atoms with Gasteiger partial charge in [-0.05, 0) is 61.6 Å². The number of aryl methyl sites for hydroxylation is 2. The highest BCUT2D eigenvalue weighted by Crippen LogP contribution is 2.38. The fourth-order valence-electron chi connectivity index (χ4n) is 5.00. The van der Waals surface area contributed by atoms with Crippen LogP contribution in [0, 0.1) is 12.8 Å². The summed E-state index contributed by atoms with van der Waals surface area (Å²) in [5.74, 6) is 5.90. The van der Waals surface area contributed by atoms with Gasteiger partial charge in [0.1, 0.15) is 0 Å². The molecule has 0 radical (unpaired) electrons. The summed E-state index contributed by atoms with van der Waals surface area (Å²) in [5, 5.41) is 10.6. The van der Waals surface area contributed by atoms with E-state index in [-0.39, 0.29) is 24.4 Å². The largest absolute Gasteiger partial charge is 0.481 e. The van der Waals surface area contributed by atoms with E-state index in [0.717, 1.165) is 55.3 Å². The molecule has 0 aromatic carbocycles. The van der Waals surface area contributed by atoms with E-state index in [2.05, 4.69) is 13.0 Å². The highest BCUT2D eigenvalue weighted by molar-refractivity contribution is 5.67. The van der Waals surface area contributed by atoms with Crippen LogP contribution in [0.15, 0.2) is 41.0 Å². The monoisotopic (exact) mass is 467 g/mol. The normalized spacial score (nSPS) is 18.9. The Bertz CT molecular complexity index is 1110. The van der Waals surface area contributed by atoms with Crippen molar-refractivity contribution in [3.63, 3.8) is 0 Å². The Hall–Kier alpha value is -3.13. The molecule has 0 bridgehead atoms. The van der Waals surface area contributed by atoms with Crippen LogP contribution < -0.4 is 17.1 Å². The zero-order chi connectivity index (χ0) is 24.8. The van der Waals surface area contributed by atoms with E-state index >= 15 is 0 Å². The highest BCUT2D eigenvalue weighted by Gasteiger charge is 2.26. The molecule has 8 nitrogen and oxygen atoms in total. The Balaban J connectivity index is 1.88. The van der Waals surface area contributed by atoms with E-state index in [4.69, 9.17) is 21.7 Å². The third-order valence-electron chi connectivity index (χ3n) is 6.73. The first-order chi connectivity index (χ1) is 16.2. The topological polar surface area (TPSA) is 127 Å². The highest BCUT2D eigenvalue weighted by atomic mass is 16.4. The standard InChI is InChI=1S/C26H37N5O3/c1-4-6-18-9-12-24(32)31(15-18)16-23(30(3)28)26(27)22-11-10-21(17(2)29-22)20-8-5-7-19(13-20)14-25(33)34/h9-12,15,19-20H,4-8,13-14,16,27-28H2,1-3H3,(H,33,34)/b26-23-. The smallest absolute Gasteiger partial charge is 0.303 e. The zero-order valence-electron chi connectivity index (χ0n) is 20.5. The summed E-state index contributed by atoms with van der Waals surface area (Å²) in [6, 6.07) is 7.39. The summed E-state index contributed by atoms with van der Waals surface area (Å²) in [4.78, 5) is 28.4. The number of nitrogens with two attached hydrogens (primary N) is 2. The Kier molecular flexibility index (Phi) is 8.50. The van der Waals surface area contributed by atoms with Crippen LogP contribution in [0.5, 0.6) is 0 Å². The van der Waals surface area contributed by atoms with Crippen molar-refractivity contribution in [2.45, 2.75) is 71.3 Å². The number of carboxylic acid groups (broad SMARTS) is 1. The van der Waals surface area contributed by atoms with Crippen LogP contribution in [0.4, 0.5) is 0 Å². The van der Waals surface area contributed by atoms with E-state index in [1.165, 1.54) is 5.01 Å². The molecule has 2 aromatic heterocycles. The molecule has 0 amide bonds. The molecule has 2 heterocycles. The number of allylic oxidation sites excluding steroid dienone is 1. The minimum absolute atomic E-state index is 0.111. The summed E-state index contributed by atoms with van der Waals surface area (Å²) in [6.07, 6.45) is 7.87. The van der Waals surface area contributed by atoms with Crippen molar-refractivity contribution in [1.82, 2.24) is 14.6 Å². The van der Waals surface area contributed by atoms with Gasteiger partial charge in [0.15, 0.2) is 0 Å². The van der Waals surface area contributed by atoms with Crippen molar-refractivity contribution < 1.29 is 9.90 Å². The molecule has 0 saturated heterocycles. The van der Waals surface area contributed by atoms with Crippen LogP contribution in [0.25, 0.3) is 5.70 Å². The summed E-state index contributed by atoms with van der Waals surface area (Å²) in [7, 11) is 1.70. The number of nitrogens with zero attached hydrogens (tertiary/aromatic N) is 3. The Morgan fingerprint density at radius 2 is 2.03 bits per heavy atom.